The molecule has 2 rings (SSSR count). The number of hydrogen-bond acceptors (Lipinski definition) is 12. The number of rotatable bonds is 5. The maximum Gasteiger partial charge on any atom is 0.142 e. The predicted octanol–water partition coefficient (Wildman–Crippen LogP) is -4.03. The zero-order chi connectivity index (χ0) is 18.0. The van der Waals surface area contributed by atoms with E-state index in [1.54, 1.807) is 0 Å². The Kier molecular flexibility index (Phi) is 7.55. The molecule has 8 N–H and O–H groups in total. The minimum Gasteiger partial charge on any atom is -0.394 e. The highest BCUT2D eigenvalue weighted by Crippen LogP contribution is 2.41. The van der Waals surface area contributed by atoms with Crippen LogP contribution in [0.25, 0.3) is 0 Å². The smallest absolute Gasteiger partial charge is 0.142 e. The molecule has 0 radical (unpaired) electrons. The molecule has 0 aliphatic carbocycles. The van der Waals surface area contributed by atoms with E-state index in [1.807, 2.05) is 0 Å². The average Bonchev–Trinajstić information content (AvgIpc) is 2.58. The van der Waals surface area contributed by atoms with Crippen LogP contribution in [0.5, 0.6) is 0 Å². The second-order valence-electron chi connectivity index (χ2n) is 5.59. The van der Waals surface area contributed by atoms with E-state index < -0.39 is 72.9 Å². The van der Waals surface area contributed by atoms with Gasteiger partial charge in [-0.05, 0) is 0 Å². The first-order valence-corrected chi connectivity index (χ1v) is 9.52. The normalized spacial score (nSPS) is 50.0. The lowest BCUT2D eigenvalue weighted by Gasteiger charge is -2.42. The van der Waals surface area contributed by atoms with Crippen molar-refractivity contribution in [1.82, 2.24) is 0 Å². The van der Waals surface area contributed by atoms with Crippen LogP contribution in [0.2, 0.25) is 0 Å². The van der Waals surface area contributed by atoms with Gasteiger partial charge in [0.2, 0.25) is 0 Å². The van der Waals surface area contributed by atoms with Gasteiger partial charge in [0.05, 0.1) is 13.2 Å². The van der Waals surface area contributed by atoms with Crippen molar-refractivity contribution in [3.63, 3.8) is 0 Å². The van der Waals surface area contributed by atoms with Gasteiger partial charge in [0, 0.05) is 0 Å². The Morgan fingerprint density at radius 3 is 1.17 bits per heavy atom. The van der Waals surface area contributed by atoms with Gasteiger partial charge in [-0.2, -0.15) is 0 Å². The van der Waals surface area contributed by atoms with E-state index >= 15 is 0 Å². The summed E-state index contributed by atoms with van der Waals surface area (Å²) in [5, 5.41) is 76.9. The van der Waals surface area contributed by atoms with Crippen molar-refractivity contribution in [3.8, 4) is 0 Å². The molecule has 0 saturated carbocycles. The van der Waals surface area contributed by atoms with E-state index in [0.29, 0.717) is 0 Å². The molecule has 0 aromatic heterocycles. The van der Waals surface area contributed by atoms with Crippen LogP contribution in [0, 0.1) is 0 Å². The lowest BCUT2D eigenvalue weighted by molar-refractivity contribution is -0.206. The highest BCUT2D eigenvalue weighted by atomic mass is 33.1. The van der Waals surface area contributed by atoms with Crippen LogP contribution in [0.1, 0.15) is 0 Å². The van der Waals surface area contributed by atoms with Crippen LogP contribution < -0.4 is 0 Å². The fourth-order valence-electron chi connectivity index (χ4n) is 2.40. The fourth-order valence-corrected chi connectivity index (χ4v) is 5.16. The third-order valence-corrected chi connectivity index (χ3v) is 6.68. The summed E-state index contributed by atoms with van der Waals surface area (Å²) in [5.41, 5.74) is -2.09. The summed E-state index contributed by atoms with van der Waals surface area (Å²) in [4.78, 5) is 0. The van der Waals surface area contributed by atoms with E-state index in [1.165, 1.54) is 0 Å². The van der Waals surface area contributed by atoms with Crippen molar-refractivity contribution < 1.29 is 50.3 Å². The molecular weight excluding hydrogens is 368 g/mol. The molecule has 24 heavy (non-hydrogen) atoms. The molecule has 12 heteroatoms. The van der Waals surface area contributed by atoms with Gasteiger partial charge >= 0.3 is 0 Å². The first kappa shape index (κ1) is 20.6. The predicted molar refractivity (Wildman–Crippen MR) is 82.7 cm³/mol. The molecule has 2 heterocycles. The van der Waals surface area contributed by atoms with E-state index in [0.717, 1.165) is 21.6 Å². The summed E-state index contributed by atoms with van der Waals surface area (Å²) in [6.45, 7) is -1.13. The molecule has 2 unspecified atom stereocenters. The van der Waals surface area contributed by atoms with Crippen LogP contribution in [-0.4, -0.2) is 114 Å². The van der Waals surface area contributed by atoms with E-state index in [4.69, 9.17) is 19.7 Å². The molecule has 10 atom stereocenters. The third kappa shape index (κ3) is 4.16. The first-order valence-electron chi connectivity index (χ1n) is 7.25. The summed E-state index contributed by atoms with van der Waals surface area (Å²) in [6, 6.07) is 0. The topological polar surface area (TPSA) is 180 Å². The Bertz CT molecular complexity index is 364. The van der Waals surface area contributed by atoms with E-state index in [-0.39, 0.29) is 0 Å². The highest BCUT2D eigenvalue weighted by Gasteiger charge is 2.47. The molecule has 2 saturated heterocycles. The lowest BCUT2D eigenvalue weighted by Crippen LogP contribution is -2.58. The van der Waals surface area contributed by atoms with Gasteiger partial charge in [-0.1, -0.05) is 21.6 Å². The van der Waals surface area contributed by atoms with Crippen LogP contribution in [0.15, 0.2) is 0 Å². The summed E-state index contributed by atoms with van der Waals surface area (Å²) in [6.07, 6.45) is -11.0. The fraction of sp³-hybridized carbons (Fsp3) is 1.00. The van der Waals surface area contributed by atoms with Crippen LogP contribution >= 0.6 is 21.6 Å². The van der Waals surface area contributed by atoms with Gasteiger partial charge in [-0.3, -0.25) is 0 Å². The molecule has 0 aromatic carbocycles. The quantitative estimate of drug-likeness (QED) is 0.213. The minimum absolute atomic E-state index is 0.563. The molecule has 2 aliphatic rings. The van der Waals surface area contributed by atoms with Crippen molar-refractivity contribution in [2.75, 3.05) is 13.2 Å². The number of ether oxygens (including phenoxy) is 2. The average molecular weight is 390 g/mol. The van der Waals surface area contributed by atoms with Crippen LogP contribution in [0.4, 0.5) is 0 Å². The molecule has 142 valence electrons. The van der Waals surface area contributed by atoms with Crippen molar-refractivity contribution in [3.05, 3.63) is 0 Å². The largest absolute Gasteiger partial charge is 0.394 e. The molecule has 2 aliphatic heterocycles. The maximum absolute atomic E-state index is 9.93. The van der Waals surface area contributed by atoms with Crippen molar-refractivity contribution in [2.24, 2.45) is 0 Å². The molecular formula is C12H22O10S2. The zero-order valence-corrected chi connectivity index (χ0v) is 14.0. The number of aliphatic hydroxyl groups is 8. The van der Waals surface area contributed by atoms with Crippen molar-refractivity contribution in [1.29, 1.82) is 0 Å². The molecule has 0 bridgehead atoms. The molecule has 0 aromatic rings. The van der Waals surface area contributed by atoms with Crippen LogP contribution in [-0.2, 0) is 9.47 Å². The maximum atomic E-state index is 9.93. The Hall–Kier alpha value is 0.300. The lowest BCUT2D eigenvalue weighted by atomic mass is 10.0. The van der Waals surface area contributed by atoms with E-state index in [9.17, 15) is 30.6 Å². The van der Waals surface area contributed by atoms with Crippen LogP contribution in [0.3, 0.4) is 0 Å². The molecule has 0 spiro atoms. The minimum atomic E-state index is -1.52. The number of hydrogen-bond donors (Lipinski definition) is 8. The first-order chi connectivity index (χ1) is 11.3. The summed E-state index contributed by atoms with van der Waals surface area (Å²) < 4.78 is 10.6. The Morgan fingerprint density at radius 2 is 0.875 bits per heavy atom. The van der Waals surface area contributed by atoms with Crippen molar-refractivity contribution >= 4 is 21.6 Å². The zero-order valence-electron chi connectivity index (χ0n) is 12.4. The van der Waals surface area contributed by atoms with E-state index in [2.05, 4.69) is 0 Å². The summed E-state index contributed by atoms with van der Waals surface area (Å²) in [5.74, 6) is 0. The summed E-state index contributed by atoms with van der Waals surface area (Å²) in [7, 11) is 1.72. The highest BCUT2D eigenvalue weighted by molar-refractivity contribution is 8.77. The number of aliphatic hydroxyl groups excluding tert-OH is 8. The van der Waals surface area contributed by atoms with Crippen molar-refractivity contribution in [2.45, 2.75) is 59.7 Å². The third-order valence-electron chi connectivity index (χ3n) is 3.94. The molecule has 10 nitrogen and oxygen atoms in total. The van der Waals surface area contributed by atoms with Gasteiger partial charge in [-0.25, -0.2) is 0 Å². The van der Waals surface area contributed by atoms with Gasteiger partial charge < -0.3 is 50.3 Å². The van der Waals surface area contributed by atoms with Gasteiger partial charge in [0.25, 0.3) is 0 Å². The van der Waals surface area contributed by atoms with Gasteiger partial charge in [0.1, 0.15) is 59.7 Å². The SMILES string of the molecule is OC[C@H]1OC(SSC2O[C@H](CO)[C@@H](O)[C@H](O)[C@@H]2O)[C@@H](O)[C@@H](O)[C@@H]1O. The Labute approximate surface area is 145 Å². The Balaban J connectivity index is 1.96. The second kappa shape index (κ2) is 8.79. The second-order valence-corrected chi connectivity index (χ2v) is 8.06. The standard InChI is InChI=1S/C12H22O10S2/c13-1-3-5(15)7(17)9(19)11(21-3)23-24-12-10(20)8(18)6(16)4(2-14)22-12/h3-20H,1-2H2/t3-,4-,5-,6-,7+,8+,9+,10+,11?,12?/m1/s1. The monoisotopic (exact) mass is 390 g/mol. The molecule has 0 amide bonds. The van der Waals surface area contributed by atoms with Gasteiger partial charge in [-0.15, -0.1) is 0 Å². The molecule has 2 fully saturated rings. The summed E-state index contributed by atoms with van der Waals surface area (Å²) >= 11 is 0. The Morgan fingerprint density at radius 1 is 0.542 bits per heavy atom. The van der Waals surface area contributed by atoms with Gasteiger partial charge in [0.15, 0.2) is 0 Å².